The third-order valence-electron chi connectivity index (χ3n) is 1.68. The molecule has 0 fully saturated rings. The molecule has 0 bridgehead atoms. The zero-order valence-corrected chi connectivity index (χ0v) is 10.1. The van der Waals surface area contributed by atoms with Crippen molar-refractivity contribution in [2.75, 3.05) is 6.61 Å². The molecule has 1 aromatic rings. The summed E-state index contributed by atoms with van der Waals surface area (Å²) in [5.41, 5.74) is 0.657. The van der Waals surface area contributed by atoms with Crippen LogP contribution in [-0.2, 0) is 0 Å². The van der Waals surface area contributed by atoms with Gasteiger partial charge in [-0.15, -0.1) is 11.8 Å². The molecule has 1 atom stereocenters. The van der Waals surface area contributed by atoms with Gasteiger partial charge < -0.3 is 5.11 Å². The molecule has 1 unspecified atom stereocenters. The van der Waals surface area contributed by atoms with Crippen molar-refractivity contribution in [2.45, 2.75) is 17.1 Å². The fraction of sp³-hybridized carbons (Fsp3) is 0.300. The summed E-state index contributed by atoms with van der Waals surface area (Å²) in [6.07, 6.45) is 0.831. The van der Waals surface area contributed by atoms with E-state index in [1.54, 1.807) is 6.07 Å². The van der Waals surface area contributed by atoms with Gasteiger partial charge in [0.15, 0.2) is 6.29 Å². The second-order valence-corrected chi connectivity index (χ2v) is 5.31. The van der Waals surface area contributed by atoms with Gasteiger partial charge >= 0.3 is 0 Å². The molecule has 0 aliphatic carbocycles. The van der Waals surface area contributed by atoms with Crippen LogP contribution in [0.15, 0.2) is 27.6 Å². The number of hydrogen-bond donors (Lipinski definition) is 1. The molecular weight excluding hydrogens is 264 g/mol. The molecule has 0 amide bonds. The number of carbonyl (C=O) groups is 1. The lowest BCUT2D eigenvalue weighted by molar-refractivity contribution is 0.112. The number of carbonyl (C=O) groups excluding carboxylic acids is 1. The fourth-order valence-corrected chi connectivity index (χ4v) is 2.25. The number of halogens is 1. The van der Waals surface area contributed by atoms with Crippen molar-refractivity contribution >= 4 is 34.0 Å². The summed E-state index contributed by atoms with van der Waals surface area (Å²) in [7, 11) is 0. The molecule has 2 nitrogen and oxygen atoms in total. The SMILES string of the molecule is CC(CO)Sc1ccc(Br)cc1C=O. The van der Waals surface area contributed by atoms with E-state index in [1.807, 2.05) is 19.1 Å². The lowest BCUT2D eigenvalue weighted by atomic mass is 10.2. The summed E-state index contributed by atoms with van der Waals surface area (Å²) in [6.45, 7) is 2.03. The van der Waals surface area contributed by atoms with Crippen molar-refractivity contribution in [3.05, 3.63) is 28.2 Å². The van der Waals surface area contributed by atoms with E-state index in [9.17, 15) is 4.79 Å². The molecule has 0 aliphatic heterocycles. The Morgan fingerprint density at radius 2 is 2.36 bits per heavy atom. The molecule has 1 rings (SSSR count). The first-order chi connectivity index (χ1) is 6.67. The molecule has 0 aromatic heterocycles. The molecule has 76 valence electrons. The predicted octanol–water partition coefficient (Wildman–Crippen LogP) is 2.73. The van der Waals surface area contributed by atoms with Gasteiger partial charge in [0.1, 0.15) is 0 Å². The first kappa shape index (κ1) is 11.8. The Morgan fingerprint density at radius 3 is 2.93 bits per heavy atom. The maximum Gasteiger partial charge on any atom is 0.151 e. The van der Waals surface area contributed by atoms with E-state index in [0.29, 0.717) is 5.56 Å². The lowest BCUT2D eigenvalue weighted by Gasteiger charge is -2.09. The summed E-state index contributed by atoms with van der Waals surface area (Å²) < 4.78 is 0.889. The van der Waals surface area contributed by atoms with Crippen LogP contribution >= 0.6 is 27.7 Å². The number of aliphatic hydroxyl groups excluding tert-OH is 1. The highest BCUT2D eigenvalue weighted by Crippen LogP contribution is 2.27. The first-order valence-corrected chi connectivity index (χ1v) is 5.87. The maximum absolute atomic E-state index is 10.8. The van der Waals surface area contributed by atoms with E-state index < -0.39 is 0 Å². The van der Waals surface area contributed by atoms with Gasteiger partial charge in [0.05, 0.1) is 6.61 Å². The highest BCUT2D eigenvalue weighted by molar-refractivity contribution is 9.10. The minimum atomic E-state index is 0.106. The lowest BCUT2D eigenvalue weighted by Crippen LogP contribution is -2.02. The van der Waals surface area contributed by atoms with Crippen LogP contribution in [0.2, 0.25) is 0 Å². The second kappa shape index (κ2) is 5.53. The summed E-state index contributed by atoms with van der Waals surface area (Å²) >= 11 is 4.80. The summed E-state index contributed by atoms with van der Waals surface area (Å²) in [5, 5.41) is 9.00. The molecule has 4 heteroatoms. The van der Waals surface area contributed by atoms with E-state index >= 15 is 0 Å². The quantitative estimate of drug-likeness (QED) is 0.678. The van der Waals surface area contributed by atoms with Gasteiger partial charge in [-0.25, -0.2) is 0 Å². The van der Waals surface area contributed by atoms with Gasteiger partial charge in [-0.05, 0) is 18.2 Å². The molecule has 0 aliphatic rings. The average Bonchev–Trinajstić information content (AvgIpc) is 2.20. The van der Waals surface area contributed by atoms with E-state index in [-0.39, 0.29) is 11.9 Å². The maximum atomic E-state index is 10.8. The van der Waals surface area contributed by atoms with Crippen molar-refractivity contribution in [3.8, 4) is 0 Å². The Balaban J connectivity index is 2.90. The Labute approximate surface area is 95.8 Å². The van der Waals surface area contributed by atoms with Gasteiger partial charge in [0.2, 0.25) is 0 Å². The van der Waals surface area contributed by atoms with Crippen molar-refractivity contribution < 1.29 is 9.90 Å². The standard InChI is InChI=1S/C10H11BrO2S/c1-7(5-12)14-10-3-2-9(11)4-8(10)6-13/h2-4,6-7,12H,5H2,1H3. The van der Waals surface area contributed by atoms with Crippen molar-refractivity contribution in [3.63, 3.8) is 0 Å². The Bertz CT molecular complexity index is 328. The Morgan fingerprint density at radius 1 is 1.64 bits per heavy atom. The smallest absolute Gasteiger partial charge is 0.151 e. The number of aliphatic hydroxyl groups is 1. The van der Waals surface area contributed by atoms with Gasteiger partial charge in [0, 0.05) is 20.2 Å². The van der Waals surface area contributed by atoms with Crippen LogP contribution in [-0.4, -0.2) is 23.2 Å². The summed E-state index contributed by atoms with van der Waals surface area (Å²) in [6, 6.07) is 5.55. The number of benzene rings is 1. The van der Waals surface area contributed by atoms with E-state index in [0.717, 1.165) is 15.7 Å². The molecule has 1 N–H and O–H groups in total. The molecule has 0 radical (unpaired) electrons. The van der Waals surface area contributed by atoms with Gasteiger partial charge in [-0.3, -0.25) is 4.79 Å². The minimum Gasteiger partial charge on any atom is -0.395 e. The molecule has 0 spiro atoms. The summed E-state index contributed by atoms with van der Waals surface area (Å²) in [5.74, 6) is 0. The first-order valence-electron chi connectivity index (χ1n) is 4.19. The van der Waals surface area contributed by atoms with Crippen LogP contribution in [0.25, 0.3) is 0 Å². The van der Waals surface area contributed by atoms with Gasteiger partial charge in [-0.2, -0.15) is 0 Å². The van der Waals surface area contributed by atoms with Crippen LogP contribution in [0.1, 0.15) is 17.3 Å². The normalized spacial score (nSPS) is 12.5. The van der Waals surface area contributed by atoms with E-state index in [4.69, 9.17) is 5.11 Å². The van der Waals surface area contributed by atoms with Crippen LogP contribution in [0.4, 0.5) is 0 Å². The Kier molecular flexibility index (Phi) is 4.65. The monoisotopic (exact) mass is 274 g/mol. The third kappa shape index (κ3) is 3.12. The highest BCUT2D eigenvalue weighted by atomic mass is 79.9. The molecule has 0 saturated carbocycles. The third-order valence-corrected chi connectivity index (χ3v) is 3.35. The molecule has 0 saturated heterocycles. The fourth-order valence-electron chi connectivity index (χ4n) is 0.973. The van der Waals surface area contributed by atoms with Gasteiger partial charge in [0.25, 0.3) is 0 Å². The zero-order valence-electron chi connectivity index (χ0n) is 7.74. The van der Waals surface area contributed by atoms with Crippen LogP contribution in [0.3, 0.4) is 0 Å². The number of aldehydes is 1. The molecule has 0 heterocycles. The van der Waals surface area contributed by atoms with Crippen LogP contribution < -0.4 is 0 Å². The average molecular weight is 275 g/mol. The van der Waals surface area contributed by atoms with Gasteiger partial charge in [-0.1, -0.05) is 22.9 Å². The summed E-state index contributed by atoms with van der Waals surface area (Å²) in [4.78, 5) is 11.7. The van der Waals surface area contributed by atoms with Crippen molar-refractivity contribution in [1.82, 2.24) is 0 Å². The van der Waals surface area contributed by atoms with E-state index in [1.165, 1.54) is 11.8 Å². The largest absolute Gasteiger partial charge is 0.395 e. The number of rotatable bonds is 4. The van der Waals surface area contributed by atoms with Crippen LogP contribution in [0.5, 0.6) is 0 Å². The molecule has 14 heavy (non-hydrogen) atoms. The second-order valence-electron chi connectivity index (χ2n) is 2.91. The molecular formula is C10H11BrO2S. The van der Waals surface area contributed by atoms with Crippen molar-refractivity contribution in [1.29, 1.82) is 0 Å². The minimum absolute atomic E-state index is 0.106. The Hall–Kier alpha value is -0.320. The van der Waals surface area contributed by atoms with Crippen LogP contribution in [0, 0.1) is 0 Å². The highest BCUT2D eigenvalue weighted by Gasteiger charge is 2.07. The number of thioether (sulfide) groups is 1. The van der Waals surface area contributed by atoms with E-state index in [2.05, 4.69) is 15.9 Å². The zero-order chi connectivity index (χ0) is 10.6. The predicted molar refractivity (Wildman–Crippen MR) is 61.9 cm³/mol. The number of hydrogen-bond acceptors (Lipinski definition) is 3. The topological polar surface area (TPSA) is 37.3 Å². The van der Waals surface area contributed by atoms with Crippen molar-refractivity contribution in [2.24, 2.45) is 0 Å². The molecule has 1 aromatic carbocycles.